The summed E-state index contributed by atoms with van der Waals surface area (Å²) in [5, 5.41) is 5.97. The third kappa shape index (κ3) is 2.79. The molecule has 0 saturated heterocycles. The van der Waals surface area contributed by atoms with E-state index in [2.05, 4.69) is 67.3 Å². The van der Waals surface area contributed by atoms with Crippen molar-refractivity contribution in [1.29, 1.82) is 0 Å². The molecule has 1 aromatic heterocycles. The maximum atomic E-state index is 3.79. The highest BCUT2D eigenvalue weighted by molar-refractivity contribution is 9.10. The van der Waals surface area contributed by atoms with Gasteiger partial charge in [-0.1, -0.05) is 34.6 Å². The molecule has 1 aliphatic rings. The Morgan fingerprint density at radius 3 is 2.37 bits per heavy atom. The highest BCUT2D eigenvalue weighted by Gasteiger charge is 2.66. The Kier molecular flexibility index (Phi) is 4.49. The molecule has 0 bridgehead atoms. The molecule has 1 unspecified atom stereocenters. The van der Waals surface area contributed by atoms with Gasteiger partial charge in [0.05, 0.1) is 0 Å². The van der Waals surface area contributed by atoms with Gasteiger partial charge < -0.3 is 5.32 Å². The molecule has 1 saturated carbocycles. The van der Waals surface area contributed by atoms with Gasteiger partial charge in [-0.25, -0.2) is 0 Å². The number of rotatable bonds is 6. The quantitative estimate of drug-likeness (QED) is 0.757. The molecule has 0 aliphatic heterocycles. The molecule has 0 aromatic carbocycles. The van der Waals surface area contributed by atoms with Crippen molar-refractivity contribution in [1.82, 2.24) is 5.32 Å². The maximum absolute atomic E-state index is 3.79. The molecule has 1 aromatic rings. The van der Waals surface area contributed by atoms with Gasteiger partial charge in [-0.3, -0.25) is 0 Å². The van der Waals surface area contributed by atoms with Crippen molar-refractivity contribution in [2.45, 2.75) is 53.5 Å². The van der Waals surface area contributed by atoms with E-state index < -0.39 is 0 Å². The molecule has 1 fully saturated rings. The molecule has 3 heteroatoms. The summed E-state index contributed by atoms with van der Waals surface area (Å²) in [4.78, 5) is 1.48. The Labute approximate surface area is 130 Å². The van der Waals surface area contributed by atoms with Crippen molar-refractivity contribution in [2.24, 2.45) is 16.7 Å². The lowest BCUT2D eigenvalue weighted by Crippen LogP contribution is -2.35. The first-order valence-corrected chi connectivity index (χ1v) is 8.95. The predicted molar refractivity (Wildman–Crippen MR) is 88.9 cm³/mol. The highest BCUT2D eigenvalue weighted by Crippen LogP contribution is 2.69. The first-order valence-electron chi connectivity index (χ1n) is 7.27. The van der Waals surface area contributed by atoms with E-state index >= 15 is 0 Å². The number of hydrogen-bond acceptors (Lipinski definition) is 2. The average Bonchev–Trinajstić information content (AvgIpc) is 2.63. The molecule has 1 heterocycles. The third-order valence-electron chi connectivity index (χ3n) is 5.29. The molecule has 0 spiro atoms. The summed E-state index contributed by atoms with van der Waals surface area (Å²) in [5.74, 6) is 0.764. The number of halogens is 1. The van der Waals surface area contributed by atoms with Gasteiger partial charge in [0.1, 0.15) is 0 Å². The van der Waals surface area contributed by atoms with Gasteiger partial charge in [-0.15, -0.1) is 11.3 Å². The van der Waals surface area contributed by atoms with E-state index in [-0.39, 0.29) is 0 Å². The number of thiophene rings is 1. The van der Waals surface area contributed by atoms with E-state index in [9.17, 15) is 0 Å². The third-order valence-corrected chi connectivity index (χ3v) is 7.24. The maximum Gasteiger partial charge on any atom is 0.0314 e. The fourth-order valence-electron chi connectivity index (χ4n) is 3.56. The second-order valence-corrected chi connectivity index (χ2v) is 8.73. The zero-order valence-electron chi connectivity index (χ0n) is 12.7. The molecule has 108 valence electrons. The molecule has 0 amide bonds. The monoisotopic (exact) mass is 343 g/mol. The number of hydrogen-bond donors (Lipinski definition) is 1. The molecule has 0 radical (unpaired) electrons. The minimum absolute atomic E-state index is 0.447. The van der Waals surface area contributed by atoms with Crippen LogP contribution in [0.5, 0.6) is 0 Å². The summed E-state index contributed by atoms with van der Waals surface area (Å²) in [6.07, 6.45) is 2.35. The van der Waals surface area contributed by atoms with Crippen LogP contribution in [0, 0.1) is 16.7 Å². The zero-order chi connectivity index (χ0) is 14.3. The van der Waals surface area contributed by atoms with E-state index in [1.807, 2.05) is 11.3 Å². The van der Waals surface area contributed by atoms with E-state index in [0.29, 0.717) is 16.9 Å². The second kappa shape index (κ2) is 5.50. The summed E-state index contributed by atoms with van der Waals surface area (Å²) in [6, 6.07) is 2.76. The molecule has 1 N–H and O–H groups in total. The van der Waals surface area contributed by atoms with E-state index in [4.69, 9.17) is 0 Å². The van der Waals surface area contributed by atoms with E-state index in [0.717, 1.165) is 18.9 Å². The summed E-state index contributed by atoms with van der Waals surface area (Å²) in [7, 11) is 0. The van der Waals surface area contributed by atoms with Crippen LogP contribution in [-0.4, -0.2) is 12.6 Å². The van der Waals surface area contributed by atoms with Gasteiger partial charge in [-0.05, 0) is 63.5 Å². The van der Waals surface area contributed by atoms with Gasteiger partial charge in [0.25, 0.3) is 0 Å². The molecule has 19 heavy (non-hydrogen) atoms. The summed E-state index contributed by atoms with van der Waals surface area (Å²) >= 11 is 5.54. The van der Waals surface area contributed by atoms with Crippen LogP contribution >= 0.6 is 27.3 Å². The Bertz CT molecular complexity index is 422. The van der Waals surface area contributed by atoms with Crippen molar-refractivity contribution in [3.05, 3.63) is 20.8 Å². The van der Waals surface area contributed by atoms with Crippen molar-refractivity contribution < 1.29 is 0 Å². The minimum atomic E-state index is 0.447. The minimum Gasteiger partial charge on any atom is -0.313 e. The largest absolute Gasteiger partial charge is 0.313 e. The van der Waals surface area contributed by atoms with Crippen LogP contribution in [0.1, 0.15) is 45.9 Å². The summed E-state index contributed by atoms with van der Waals surface area (Å²) in [5.41, 5.74) is 0.893. The topological polar surface area (TPSA) is 12.0 Å². The van der Waals surface area contributed by atoms with Crippen LogP contribution in [-0.2, 0) is 6.42 Å². The lowest BCUT2D eigenvalue weighted by Gasteiger charge is -2.20. The predicted octanol–water partition coefficient (Wildman–Crippen LogP) is 5.10. The highest BCUT2D eigenvalue weighted by atomic mass is 79.9. The average molecular weight is 344 g/mol. The van der Waals surface area contributed by atoms with Crippen LogP contribution < -0.4 is 5.32 Å². The first-order chi connectivity index (χ1) is 8.82. The second-order valence-electron chi connectivity index (χ2n) is 6.88. The standard InChI is InChI=1S/C16H26BrNS/c1-6-8-18-12(10-13-11(17)7-9-19-13)14-15(2,3)16(14,4)5/h7,9,12,14,18H,6,8,10H2,1-5H3. The Morgan fingerprint density at radius 1 is 1.32 bits per heavy atom. The van der Waals surface area contributed by atoms with Crippen LogP contribution in [0.3, 0.4) is 0 Å². The van der Waals surface area contributed by atoms with Gasteiger partial charge >= 0.3 is 0 Å². The fraction of sp³-hybridized carbons (Fsp3) is 0.750. The zero-order valence-corrected chi connectivity index (χ0v) is 15.1. The molecular formula is C16H26BrNS. The SMILES string of the molecule is CCCNC(Cc1sccc1Br)C1C(C)(C)C1(C)C. The summed E-state index contributed by atoms with van der Waals surface area (Å²) < 4.78 is 1.28. The Hall–Kier alpha value is 0.140. The van der Waals surface area contributed by atoms with Gasteiger partial charge in [0.2, 0.25) is 0 Å². The Balaban J connectivity index is 2.12. The smallest absolute Gasteiger partial charge is 0.0314 e. The van der Waals surface area contributed by atoms with E-state index in [1.54, 1.807) is 0 Å². The molecule has 1 nitrogen and oxygen atoms in total. The fourth-order valence-corrected chi connectivity index (χ4v) is 5.14. The van der Waals surface area contributed by atoms with Gasteiger partial charge in [0, 0.05) is 15.4 Å². The lowest BCUT2D eigenvalue weighted by molar-refractivity contribution is 0.397. The Morgan fingerprint density at radius 2 is 1.95 bits per heavy atom. The van der Waals surface area contributed by atoms with Crippen molar-refractivity contribution in [3.8, 4) is 0 Å². The van der Waals surface area contributed by atoms with Crippen molar-refractivity contribution in [2.75, 3.05) is 6.54 Å². The molecule has 1 aliphatic carbocycles. The van der Waals surface area contributed by atoms with Crippen LogP contribution in [0.25, 0.3) is 0 Å². The van der Waals surface area contributed by atoms with Crippen LogP contribution in [0.2, 0.25) is 0 Å². The van der Waals surface area contributed by atoms with Gasteiger partial charge in [-0.2, -0.15) is 0 Å². The molecule has 1 atom stereocenters. The van der Waals surface area contributed by atoms with Crippen LogP contribution in [0.4, 0.5) is 0 Å². The normalized spacial score (nSPS) is 22.4. The lowest BCUT2D eigenvalue weighted by atomic mass is 10.0. The van der Waals surface area contributed by atoms with E-state index in [1.165, 1.54) is 15.8 Å². The summed E-state index contributed by atoms with van der Waals surface area (Å²) in [6.45, 7) is 13.0. The first kappa shape index (κ1) is 15.5. The van der Waals surface area contributed by atoms with Crippen molar-refractivity contribution >= 4 is 27.3 Å². The number of nitrogens with one attached hydrogen (secondary N) is 1. The van der Waals surface area contributed by atoms with Crippen LogP contribution in [0.15, 0.2) is 15.9 Å². The van der Waals surface area contributed by atoms with Gasteiger partial charge in [0.15, 0.2) is 0 Å². The molecule has 2 rings (SSSR count). The molecular weight excluding hydrogens is 318 g/mol. The van der Waals surface area contributed by atoms with Crippen molar-refractivity contribution in [3.63, 3.8) is 0 Å².